The largest absolute Gasteiger partial charge is 0.365 e. The number of carbonyl (C=O) groups is 1. The van der Waals surface area contributed by atoms with Crippen LogP contribution in [0.15, 0.2) is 72.8 Å². The molecule has 0 aliphatic carbocycles. The Kier molecular flexibility index (Phi) is 6.33. The molecule has 1 aromatic heterocycles. The molecule has 2 N–H and O–H groups in total. The maximum absolute atomic E-state index is 13.1. The van der Waals surface area contributed by atoms with Gasteiger partial charge in [-0.2, -0.15) is 4.98 Å². The maximum Gasteiger partial charge on any atom is 0.255 e. The average molecular weight is 456 g/mol. The van der Waals surface area contributed by atoms with Crippen LogP contribution in [0.3, 0.4) is 0 Å². The summed E-state index contributed by atoms with van der Waals surface area (Å²) in [4.78, 5) is 24.3. The minimum atomic E-state index is -0.368. The Morgan fingerprint density at radius 2 is 1.62 bits per heavy atom. The molecule has 1 saturated heterocycles. The van der Waals surface area contributed by atoms with Gasteiger partial charge in [-0.3, -0.25) is 4.79 Å². The number of benzene rings is 3. The molecule has 0 saturated carbocycles. The number of rotatable bonds is 6. The van der Waals surface area contributed by atoms with Crippen LogP contribution < -0.4 is 15.5 Å². The molecule has 0 spiro atoms. The number of nitrogens with one attached hydrogen (secondary N) is 2. The smallest absolute Gasteiger partial charge is 0.255 e. The topological polar surface area (TPSA) is 70.2 Å². The summed E-state index contributed by atoms with van der Waals surface area (Å²) in [5, 5.41) is 7.30. The van der Waals surface area contributed by atoms with Crippen LogP contribution >= 0.6 is 0 Å². The third-order valence-electron chi connectivity index (χ3n) is 6.01. The fraction of sp³-hybridized carbons (Fsp3) is 0.222. The van der Waals surface area contributed by atoms with Crippen LogP contribution in [-0.4, -0.2) is 29.0 Å². The van der Waals surface area contributed by atoms with Crippen LogP contribution in [0, 0.1) is 5.82 Å². The molecule has 34 heavy (non-hydrogen) atoms. The lowest BCUT2D eigenvalue weighted by atomic mass is 10.1. The summed E-state index contributed by atoms with van der Waals surface area (Å²) in [7, 11) is 0. The van der Waals surface area contributed by atoms with Gasteiger partial charge in [0.1, 0.15) is 11.6 Å². The van der Waals surface area contributed by atoms with E-state index in [0.29, 0.717) is 17.8 Å². The van der Waals surface area contributed by atoms with E-state index in [-0.39, 0.29) is 11.7 Å². The predicted molar refractivity (Wildman–Crippen MR) is 134 cm³/mol. The number of amides is 1. The van der Waals surface area contributed by atoms with Crippen molar-refractivity contribution in [1.29, 1.82) is 0 Å². The Bertz CT molecular complexity index is 1280. The second-order valence-electron chi connectivity index (χ2n) is 8.45. The van der Waals surface area contributed by atoms with E-state index >= 15 is 0 Å². The molecule has 0 radical (unpaired) electrons. The van der Waals surface area contributed by atoms with Gasteiger partial charge in [-0.25, -0.2) is 9.37 Å². The predicted octanol–water partition coefficient (Wildman–Crippen LogP) is 5.62. The van der Waals surface area contributed by atoms with Gasteiger partial charge in [0.15, 0.2) is 0 Å². The molecule has 4 aromatic rings. The minimum absolute atomic E-state index is 0.274. The molecule has 1 aliphatic rings. The van der Waals surface area contributed by atoms with E-state index in [2.05, 4.69) is 15.5 Å². The van der Waals surface area contributed by atoms with Gasteiger partial charge in [0, 0.05) is 36.3 Å². The number of hydrogen-bond donors (Lipinski definition) is 2. The number of aromatic nitrogens is 2. The molecule has 1 aliphatic heterocycles. The van der Waals surface area contributed by atoms with E-state index in [9.17, 15) is 9.18 Å². The second-order valence-corrected chi connectivity index (χ2v) is 8.45. The SMILES string of the molecule is O=C(Nc1ccc(CNc2nc(N3CCCCC3)nc3ccccc23)cc1)c1ccc(F)cc1. The molecule has 5 rings (SSSR count). The highest BCUT2D eigenvalue weighted by Crippen LogP contribution is 2.25. The van der Waals surface area contributed by atoms with Gasteiger partial charge >= 0.3 is 0 Å². The molecule has 1 amide bonds. The fourth-order valence-electron chi connectivity index (χ4n) is 4.13. The van der Waals surface area contributed by atoms with Crippen LogP contribution in [0.25, 0.3) is 10.9 Å². The molecular weight excluding hydrogens is 429 g/mol. The lowest BCUT2D eigenvalue weighted by Crippen LogP contribution is -2.31. The van der Waals surface area contributed by atoms with E-state index in [0.717, 1.165) is 41.3 Å². The van der Waals surface area contributed by atoms with E-state index in [1.165, 1.54) is 43.5 Å². The number of para-hydroxylation sites is 1. The summed E-state index contributed by atoms with van der Waals surface area (Å²) < 4.78 is 13.1. The Hall–Kier alpha value is -4.00. The van der Waals surface area contributed by atoms with Crippen LogP contribution in [0.5, 0.6) is 0 Å². The Morgan fingerprint density at radius 3 is 2.38 bits per heavy atom. The molecule has 0 atom stereocenters. The molecule has 3 aromatic carbocycles. The van der Waals surface area contributed by atoms with Gasteiger partial charge in [-0.1, -0.05) is 24.3 Å². The third-order valence-corrected chi connectivity index (χ3v) is 6.01. The highest BCUT2D eigenvalue weighted by Gasteiger charge is 2.16. The first-order valence-corrected chi connectivity index (χ1v) is 11.6. The van der Waals surface area contributed by atoms with E-state index in [1.807, 2.05) is 48.5 Å². The Morgan fingerprint density at radius 1 is 0.882 bits per heavy atom. The lowest BCUT2D eigenvalue weighted by Gasteiger charge is -2.27. The van der Waals surface area contributed by atoms with Crippen molar-refractivity contribution in [3.05, 3.63) is 89.7 Å². The summed E-state index contributed by atoms with van der Waals surface area (Å²) >= 11 is 0. The zero-order valence-corrected chi connectivity index (χ0v) is 18.8. The summed E-state index contributed by atoms with van der Waals surface area (Å²) in [6, 6.07) is 21.2. The van der Waals surface area contributed by atoms with E-state index < -0.39 is 0 Å². The maximum atomic E-state index is 13.1. The fourth-order valence-corrected chi connectivity index (χ4v) is 4.13. The first-order valence-electron chi connectivity index (χ1n) is 11.6. The molecule has 1 fully saturated rings. The molecule has 6 nitrogen and oxygen atoms in total. The number of piperidine rings is 1. The van der Waals surface area contributed by atoms with Gasteiger partial charge in [0.05, 0.1) is 5.52 Å². The van der Waals surface area contributed by atoms with Gasteiger partial charge in [-0.05, 0) is 73.4 Å². The van der Waals surface area contributed by atoms with Crippen molar-refractivity contribution in [2.45, 2.75) is 25.8 Å². The first kappa shape index (κ1) is 21.8. The molecular formula is C27H26FN5O. The van der Waals surface area contributed by atoms with Crippen molar-refractivity contribution in [1.82, 2.24) is 9.97 Å². The summed E-state index contributed by atoms with van der Waals surface area (Å²) in [5.41, 5.74) is 3.08. The van der Waals surface area contributed by atoms with Crippen molar-refractivity contribution in [3.8, 4) is 0 Å². The number of fused-ring (bicyclic) bond motifs is 1. The molecule has 7 heteroatoms. The number of nitrogens with zero attached hydrogens (tertiary/aromatic N) is 3. The van der Waals surface area contributed by atoms with Gasteiger partial charge in [0.2, 0.25) is 5.95 Å². The van der Waals surface area contributed by atoms with Crippen molar-refractivity contribution in [3.63, 3.8) is 0 Å². The first-order chi connectivity index (χ1) is 16.7. The molecule has 172 valence electrons. The van der Waals surface area contributed by atoms with Gasteiger partial charge in [-0.15, -0.1) is 0 Å². The van der Waals surface area contributed by atoms with Crippen LogP contribution in [0.1, 0.15) is 35.2 Å². The highest BCUT2D eigenvalue weighted by molar-refractivity contribution is 6.04. The molecule has 2 heterocycles. The third kappa shape index (κ3) is 4.98. The minimum Gasteiger partial charge on any atom is -0.365 e. The van der Waals surface area contributed by atoms with Gasteiger partial charge < -0.3 is 15.5 Å². The normalized spacial score (nSPS) is 13.6. The van der Waals surface area contributed by atoms with Crippen molar-refractivity contribution < 1.29 is 9.18 Å². The van der Waals surface area contributed by atoms with Crippen molar-refractivity contribution in [2.24, 2.45) is 0 Å². The number of anilines is 3. The number of halogens is 1. The quantitative estimate of drug-likeness (QED) is 0.395. The second kappa shape index (κ2) is 9.87. The summed E-state index contributed by atoms with van der Waals surface area (Å²) in [5.74, 6) is 0.955. The zero-order chi connectivity index (χ0) is 23.3. The molecule has 0 bridgehead atoms. The van der Waals surface area contributed by atoms with Crippen molar-refractivity contribution in [2.75, 3.05) is 28.6 Å². The van der Waals surface area contributed by atoms with E-state index in [1.54, 1.807) is 0 Å². The number of carbonyl (C=O) groups excluding carboxylic acids is 1. The van der Waals surface area contributed by atoms with E-state index in [4.69, 9.17) is 9.97 Å². The summed E-state index contributed by atoms with van der Waals surface area (Å²) in [6.45, 7) is 2.57. The standard InChI is InChI=1S/C27H26FN5O/c28-21-12-10-20(11-13-21)26(34)30-22-14-8-19(9-15-22)18-29-25-23-6-2-3-7-24(23)31-27(32-25)33-16-4-1-5-17-33/h2-3,6-15H,1,4-5,16-18H2,(H,30,34)(H,29,31,32). The van der Waals surface area contributed by atoms with Crippen LogP contribution in [0.2, 0.25) is 0 Å². The summed E-state index contributed by atoms with van der Waals surface area (Å²) in [6.07, 6.45) is 3.60. The lowest BCUT2D eigenvalue weighted by molar-refractivity contribution is 0.102. The molecule has 0 unspecified atom stereocenters. The Labute approximate surface area is 197 Å². The Balaban J connectivity index is 1.28. The monoisotopic (exact) mass is 455 g/mol. The van der Waals surface area contributed by atoms with Crippen molar-refractivity contribution >= 4 is 34.3 Å². The van der Waals surface area contributed by atoms with Gasteiger partial charge in [0.25, 0.3) is 5.91 Å². The highest BCUT2D eigenvalue weighted by atomic mass is 19.1. The zero-order valence-electron chi connectivity index (χ0n) is 18.8. The van der Waals surface area contributed by atoms with Crippen LogP contribution in [-0.2, 0) is 6.54 Å². The average Bonchev–Trinajstić information content (AvgIpc) is 2.89. The van der Waals surface area contributed by atoms with Crippen LogP contribution in [0.4, 0.5) is 21.8 Å². The number of hydrogen-bond acceptors (Lipinski definition) is 5.